The first kappa shape index (κ1) is 31.4. The number of nitrogens with zero attached hydrogens (tertiary/aromatic N) is 2. The van der Waals surface area contributed by atoms with Gasteiger partial charge in [0, 0.05) is 30.5 Å². The summed E-state index contributed by atoms with van der Waals surface area (Å²) < 4.78 is 47.1. The number of halogens is 1. The third kappa shape index (κ3) is 7.84. The Morgan fingerprint density at radius 1 is 1.02 bits per heavy atom. The van der Waals surface area contributed by atoms with Crippen molar-refractivity contribution in [2.24, 2.45) is 5.92 Å². The number of carbonyl (C=O) groups excluding carboxylic acids is 1. The molecule has 0 aromatic heterocycles. The molecule has 4 atom stereocenters. The largest absolute Gasteiger partial charge is 0.440 e. The second-order valence-electron chi connectivity index (χ2n) is 10.8. The third-order valence-electron chi connectivity index (χ3n) is 6.95. The summed E-state index contributed by atoms with van der Waals surface area (Å²) in [5.41, 5.74) is 7.43. The van der Waals surface area contributed by atoms with Crippen LogP contribution in [0.5, 0.6) is 0 Å². The number of anilines is 2. The molecule has 1 heterocycles. The molecule has 0 aliphatic carbocycles. The molecule has 4 rings (SSSR count). The normalized spacial score (nSPS) is 17.8. The molecule has 12 heteroatoms. The second kappa shape index (κ2) is 13.6. The lowest BCUT2D eigenvalue weighted by atomic mass is 10.00. The highest BCUT2D eigenvalue weighted by Gasteiger charge is 2.39. The molecule has 0 bridgehead atoms. The van der Waals surface area contributed by atoms with E-state index < -0.39 is 46.4 Å². The quantitative estimate of drug-likeness (QED) is 0.173. The topological polar surface area (TPSA) is 145 Å². The van der Waals surface area contributed by atoms with Crippen molar-refractivity contribution in [2.45, 2.75) is 49.6 Å². The Morgan fingerprint density at radius 3 is 2.29 bits per heavy atom. The standard InChI is InChI=1S/C30H37FN4O6S/c1-20(2)17-34(42(39,40)25-14-10-23(32)11-15-25)18-27(36)26(16-21-6-4-3-5-7-21)33-29(37)28-19-35(30(38)41-28)24-12-8-22(31)9-13-24/h3-15,20,26-29,33,36-37H,16-19,32H2,1-2H3/t26-,27+,28-,29?/m0/s1. The number of cyclic esters (lactones) is 1. The average Bonchev–Trinajstić information content (AvgIpc) is 3.35. The van der Waals surface area contributed by atoms with Crippen molar-refractivity contribution in [3.63, 3.8) is 0 Å². The number of hydrogen-bond donors (Lipinski definition) is 4. The molecular weight excluding hydrogens is 563 g/mol. The van der Waals surface area contributed by atoms with Crippen LogP contribution in [0.2, 0.25) is 0 Å². The summed E-state index contributed by atoms with van der Waals surface area (Å²) in [5, 5.41) is 25.5. The third-order valence-corrected chi connectivity index (χ3v) is 8.80. The van der Waals surface area contributed by atoms with E-state index in [1.165, 1.54) is 57.7 Å². The number of sulfonamides is 1. The van der Waals surface area contributed by atoms with Gasteiger partial charge < -0.3 is 20.7 Å². The van der Waals surface area contributed by atoms with Gasteiger partial charge in [-0.1, -0.05) is 44.2 Å². The summed E-state index contributed by atoms with van der Waals surface area (Å²) >= 11 is 0. The maximum absolute atomic E-state index is 13.6. The Hall–Kier alpha value is -3.55. The summed E-state index contributed by atoms with van der Waals surface area (Å²) in [6.45, 7) is 3.63. The van der Waals surface area contributed by atoms with Crippen molar-refractivity contribution >= 4 is 27.5 Å². The zero-order chi connectivity index (χ0) is 30.4. The summed E-state index contributed by atoms with van der Waals surface area (Å²) in [4.78, 5) is 13.9. The first-order valence-corrected chi connectivity index (χ1v) is 15.1. The number of amides is 1. The number of ether oxygens (including phenoxy) is 1. The highest BCUT2D eigenvalue weighted by molar-refractivity contribution is 7.89. The van der Waals surface area contributed by atoms with E-state index in [-0.39, 0.29) is 36.9 Å². The Kier molecular flexibility index (Phi) is 10.2. The van der Waals surface area contributed by atoms with Crippen LogP contribution in [0.25, 0.3) is 0 Å². The number of benzene rings is 3. The van der Waals surface area contributed by atoms with E-state index in [0.717, 1.165) is 5.56 Å². The molecule has 1 amide bonds. The predicted molar refractivity (Wildman–Crippen MR) is 158 cm³/mol. The van der Waals surface area contributed by atoms with E-state index in [0.29, 0.717) is 11.4 Å². The van der Waals surface area contributed by atoms with Gasteiger partial charge in [0.2, 0.25) is 10.0 Å². The molecule has 3 aromatic carbocycles. The molecule has 1 saturated heterocycles. The van der Waals surface area contributed by atoms with Crippen LogP contribution in [0.3, 0.4) is 0 Å². The molecule has 10 nitrogen and oxygen atoms in total. The number of nitrogen functional groups attached to an aromatic ring is 1. The number of carbonyl (C=O) groups is 1. The molecule has 0 spiro atoms. The number of hydrogen-bond acceptors (Lipinski definition) is 8. The van der Waals surface area contributed by atoms with Crippen molar-refractivity contribution in [3.05, 3.63) is 90.2 Å². The van der Waals surface area contributed by atoms with Crippen LogP contribution in [0.4, 0.5) is 20.6 Å². The van der Waals surface area contributed by atoms with Gasteiger partial charge in [0.25, 0.3) is 0 Å². The fourth-order valence-corrected chi connectivity index (χ4v) is 6.41. The average molecular weight is 601 g/mol. The lowest BCUT2D eigenvalue weighted by Gasteiger charge is -2.32. The number of aliphatic hydroxyl groups excluding tert-OH is 2. The molecule has 0 radical (unpaired) electrons. The Morgan fingerprint density at radius 2 is 1.67 bits per heavy atom. The summed E-state index contributed by atoms with van der Waals surface area (Å²) in [5.74, 6) is -0.491. The van der Waals surface area contributed by atoms with Crippen LogP contribution in [-0.4, -0.2) is 73.1 Å². The number of nitrogens with one attached hydrogen (secondary N) is 1. The highest BCUT2D eigenvalue weighted by Crippen LogP contribution is 2.24. The molecule has 1 unspecified atom stereocenters. The van der Waals surface area contributed by atoms with Crippen LogP contribution in [-0.2, 0) is 21.2 Å². The van der Waals surface area contributed by atoms with Crippen LogP contribution < -0.4 is 16.0 Å². The van der Waals surface area contributed by atoms with Gasteiger partial charge in [-0.05, 0) is 66.4 Å². The van der Waals surface area contributed by atoms with Gasteiger partial charge in [-0.15, -0.1) is 0 Å². The lowest BCUT2D eigenvalue weighted by molar-refractivity contribution is -0.0119. The van der Waals surface area contributed by atoms with Gasteiger partial charge in [-0.3, -0.25) is 10.2 Å². The Labute approximate surface area is 245 Å². The van der Waals surface area contributed by atoms with Gasteiger partial charge in [-0.25, -0.2) is 17.6 Å². The smallest absolute Gasteiger partial charge is 0.414 e. The van der Waals surface area contributed by atoms with Crippen molar-refractivity contribution < 1.29 is 32.6 Å². The van der Waals surface area contributed by atoms with Gasteiger partial charge in [0.1, 0.15) is 12.0 Å². The lowest BCUT2D eigenvalue weighted by Crippen LogP contribution is -2.55. The maximum atomic E-state index is 13.6. The number of aliphatic hydroxyl groups is 2. The minimum absolute atomic E-state index is 0.0161. The molecule has 1 aliphatic rings. The minimum atomic E-state index is -3.98. The van der Waals surface area contributed by atoms with Gasteiger partial charge >= 0.3 is 6.09 Å². The summed E-state index contributed by atoms with van der Waals surface area (Å²) in [6, 6.07) is 19.6. The maximum Gasteiger partial charge on any atom is 0.414 e. The SMILES string of the molecule is CC(C)CN(C[C@@H](O)[C@H](Cc1ccccc1)NC(O)[C@@H]1CN(c2ccc(F)cc2)C(=O)O1)S(=O)(=O)c1ccc(N)cc1. The van der Waals surface area contributed by atoms with E-state index >= 15 is 0 Å². The van der Waals surface area contributed by atoms with Gasteiger partial charge in [0.15, 0.2) is 6.10 Å². The van der Waals surface area contributed by atoms with E-state index in [2.05, 4.69) is 5.32 Å². The van der Waals surface area contributed by atoms with Crippen LogP contribution in [0, 0.1) is 11.7 Å². The predicted octanol–water partition coefficient (Wildman–Crippen LogP) is 2.96. The van der Waals surface area contributed by atoms with E-state index in [9.17, 15) is 27.8 Å². The van der Waals surface area contributed by atoms with Crippen LogP contribution >= 0.6 is 0 Å². The first-order valence-electron chi connectivity index (χ1n) is 13.7. The van der Waals surface area contributed by atoms with Crippen molar-refractivity contribution in [1.82, 2.24) is 9.62 Å². The Balaban J connectivity index is 1.54. The summed E-state index contributed by atoms with van der Waals surface area (Å²) in [6.07, 6.45) is -4.11. The van der Waals surface area contributed by atoms with Crippen molar-refractivity contribution in [3.8, 4) is 0 Å². The van der Waals surface area contributed by atoms with Gasteiger partial charge in [-0.2, -0.15) is 4.31 Å². The molecule has 1 aliphatic heterocycles. The molecule has 226 valence electrons. The van der Waals surface area contributed by atoms with Crippen LogP contribution in [0.15, 0.2) is 83.8 Å². The molecule has 5 N–H and O–H groups in total. The molecular formula is C30H37FN4O6S. The molecule has 1 fully saturated rings. The first-order chi connectivity index (χ1) is 19.9. The molecule has 0 saturated carbocycles. The molecule has 42 heavy (non-hydrogen) atoms. The fraction of sp³-hybridized carbons (Fsp3) is 0.367. The van der Waals surface area contributed by atoms with Crippen molar-refractivity contribution in [1.29, 1.82) is 0 Å². The second-order valence-corrected chi connectivity index (χ2v) is 12.7. The zero-order valence-electron chi connectivity index (χ0n) is 23.5. The monoisotopic (exact) mass is 600 g/mol. The fourth-order valence-electron chi connectivity index (χ4n) is 4.78. The van der Waals surface area contributed by atoms with E-state index in [1.54, 1.807) is 0 Å². The van der Waals surface area contributed by atoms with E-state index in [4.69, 9.17) is 10.5 Å². The Bertz CT molecular complexity index is 1420. The van der Waals surface area contributed by atoms with Crippen molar-refractivity contribution in [2.75, 3.05) is 30.3 Å². The minimum Gasteiger partial charge on any atom is -0.440 e. The van der Waals surface area contributed by atoms with Gasteiger partial charge in [0.05, 0.1) is 17.5 Å². The van der Waals surface area contributed by atoms with E-state index in [1.807, 2.05) is 44.2 Å². The van der Waals surface area contributed by atoms with Crippen LogP contribution in [0.1, 0.15) is 19.4 Å². The zero-order valence-corrected chi connectivity index (χ0v) is 24.3. The molecule has 3 aromatic rings. The number of nitrogens with two attached hydrogens (primary N) is 1. The summed E-state index contributed by atoms with van der Waals surface area (Å²) in [7, 11) is -3.98. The number of rotatable bonds is 13. The highest BCUT2D eigenvalue weighted by atomic mass is 32.2.